The largest absolute Gasteiger partial charge is 0.506 e. The molecule has 0 aliphatic heterocycles. The third-order valence-electron chi connectivity index (χ3n) is 3.02. The van der Waals surface area contributed by atoms with Gasteiger partial charge in [0.1, 0.15) is 5.75 Å². The van der Waals surface area contributed by atoms with E-state index in [-0.39, 0.29) is 22.8 Å². The molecule has 10 heteroatoms. The number of hydrogen-bond donors (Lipinski definition) is 2. The van der Waals surface area contributed by atoms with Crippen molar-refractivity contribution in [3.05, 3.63) is 56.6 Å². The van der Waals surface area contributed by atoms with E-state index < -0.39 is 9.85 Å². The molecular formula is C13H8N4O5S. The van der Waals surface area contributed by atoms with Gasteiger partial charge in [-0.25, -0.2) is 4.98 Å². The molecule has 23 heavy (non-hydrogen) atoms. The molecule has 9 nitrogen and oxygen atoms in total. The van der Waals surface area contributed by atoms with Crippen molar-refractivity contribution in [3.8, 4) is 5.75 Å². The zero-order valence-electron chi connectivity index (χ0n) is 11.3. The number of non-ortho nitro benzene ring substituents is 2. The molecule has 1 heterocycles. The summed E-state index contributed by atoms with van der Waals surface area (Å²) in [5, 5.41) is 34.5. The van der Waals surface area contributed by atoms with Gasteiger partial charge in [-0.15, -0.1) is 0 Å². The van der Waals surface area contributed by atoms with Gasteiger partial charge in [0.05, 0.1) is 31.8 Å². The second kappa shape index (κ2) is 5.50. The minimum absolute atomic E-state index is 0.0362. The molecule has 0 amide bonds. The molecule has 1 aromatic heterocycles. The topological polar surface area (TPSA) is 131 Å². The summed E-state index contributed by atoms with van der Waals surface area (Å²) in [6.45, 7) is 0. The average molecular weight is 332 g/mol. The molecule has 3 aromatic rings. The molecule has 116 valence electrons. The molecule has 0 unspecified atom stereocenters. The number of aromatic hydroxyl groups is 1. The van der Waals surface area contributed by atoms with Crippen LogP contribution in [-0.2, 0) is 0 Å². The monoisotopic (exact) mass is 332 g/mol. The first-order valence-electron chi connectivity index (χ1n) is 6.23. The van der Waals surface area contributed by atoms with Crippen LogP contribution in [0.1, 0.15) is 0 Å². The highest BCUT2D eigenvalue weighted by atomic mass is 32.1. The van der Waals surface area contributed by atoms with Crippen molar-refractivity contribution in [1.29, 1.82) is 0 Å². The minimum Gasteiger partial charge on any atom is -0.506 e. The van der Waals surface area contributed by atoms with Crippen LogP contribution in [0.5, 0.6) is 5.75 Å². The molecule has 0 saturated heterocycles. The van der Waals surface area contributed by atoms with Crippen molar-refractivity contribution in [3.63, 3.8) is 0 Å². The Balaban J connectivity index is 1.92. The van der Waals surface area contributed by atoms with E-state index in [0.29, 0.717) is 15.3 Å². The van der Waals surface area contributed by atoms with E-state index in [2.05, 4.69) is 10.3 Å². The van der Waals surface area contributed by atoms with E-state index in [9.17, 15) is 25.3 Å². The first kappa shape index (κ1) is 14.7. The van der Waals surface area contributed by atoms with Crippen LogP contribution >= 0.6 is 11.3 Å². The number of nitrogens with one attached hydrogen (secondary N) is 1. The molecular weight excluding hydrogens is 324 g/mol. The lowest BCUT2D eigenvalue weighted by molar-refractivity contribution is -0.385. The highest BCUT2D eigenvalue weighted by molar-refractivity contribution is 7.22. The maximum absolute atomic E-state index is 10.8. The normalized spacial score (nSPS) is 10.6. The van der Waals surface area contributed by atoms with Crippen LogP contribution in [-0.4, -0.2) is 19.9 Å². The molecule has 0 saturated carbocycles. The predicted molar refractivity (Wildman–Crippen MR) is 84.3 cm³/mol. The van der Waals surface area contributed by atoms with Gasteiger partial charge < -0.3 is 10.4 Å². The zero-order chi connectivity index (χ0) is 16.6. The molecule has 0 aliphatic carbocycles. The van der Waals surface area contributed by atoms with Gasteiger partial charge in [0.15, 0.2) is 5.13 Å². The summed E-state index contributed by atoms with van der Waals surface area (Å²) in [4.78, 5) is 24.5. The number of phenols is 1. The fourth-order valence-corrected chi connectivity index (χ4v) is 2.85. The highest BCUT2D eigenvalue weighted by Gasteiger charge is 2.13. The number of anilines is 2. The first-order chi connectivity index (χ1) is 10.9. The molecule has 2 aromatic carbocycles. The van der Waals surface area contributed by atoms with Gasteiger partial charge in [0, 0.05) is 18.2 Å². The summed E-state index contributed by atoms with van der Waals surface area (Å²) in [5.41, 5.74) is 0.563. The molecule has 0 atom stereocenters. The van der Waals surface area contributed by atoms with Crippen LogP contribution in [0.2, 0.25) is 0 Å². The van der Waals surface area contributed by atoms with Crippen LogP contribution in [0.4, 0.5) is 22.2 Å². The lowest BCUT2D eigenvalue weighted by atomic mass is 10.2. The maximum atomic E-state index is 10.8. The predicted octanol–water partition coefficient (Wildman–Crippen LogP) is 3.56. The lowest BCUT2D eigenvalue weighted by Crippen LogP contribution is -1.92. The van der Waals surface area contributed by atoms with Crippen LogP contribution < -0.4 is 5.32 Å². The second-order valence-corrected chi connectivity index (χ2v) is 5.54. The van der Waals surface area contributed by atoms with Gasteiger partial charge in [0.25, 0.3) is 11.4 Å². The number of nitro benzene ring substituents is 2. The Hall–Kier alpha value is -3.27. The number of benzene rings is 2. The minimum atomic E-state index is -0.611. The number of phenolic OH excluding ortho intramolecular Hbond substituents is 1. The van der Waals surface area contributed by atoms with Crippen LogP contribution in [0.3, 0.4) is 0 Å². The Morgan fingerprint density at radius 3 is 2.35 bits per heavy atom. The molecule has 2 N–H and O–H groups in total. The number of thiazole rings is 1. The fourth-order valence-electron chi connectivity index (χ4n) is 1.93. The third-order valence-corrected chi connectivity index (χ3v) is 3.95. The Morgan fingerprint density at radius 2 is 1.70 bits per heavy atom. The lowest BCUT2D eigenvalue weighted by Gasteiger charge is -2.04. The van der Waals surface area contributed by atoms with Crippen LogP contribution in [0.25, 0.3) is 10.2 Å². The molecule has 0 radical (unpaired) electrons. The van der Waals surface area contributed by atoms with E-state index in [1.807, 2.05) is 0 Å². The van der Waals surface area contributed by atoms with E-state index in [1.165, 1.54) is 41.7 Å². The molecule has 0 aliphatic rings. The molecule has 0 bridgehead atoms. The van der Waals surface area contributed by atoms with Crippen molar-refractivity contribution >= 4 is 43.7 Å². The number of nitrogens with zero attached hydrogens (tertiary/aromatic N) is 3. The van der Waals surface area contributed by atoms with E-state index in [1.54, 1.807) is 0 Å². The quantitative estimate of drug-likeness (QED) is 0.424. The number of aromatic nitrogens is 1. The average Bonchev–Trinajstić information content (AvgIpc) is 2.90. The van der Waals surface area contributed by atoms with E-state index in [0.717, 1.165) is 6.07 Å². The van der Waals surface area contributed by atoms with Gasteiger partial charge in [-0.1, -0.05) is 11.3 Å². The molecule has 0 spiro atoms. The first-order valence-corrected chi connectivity index (χ1v) is 7.05. The van der Waals surface area contributed by atoms with Crippen molar-refractivity contribution in [2.45, 2.75) is 0 Å². The van der Waals surface area contributed by atoms with Crippen molar-refractivity contribution in [2.24, 2.45) is 0 Å². The van der Waals surface area contributed by atoms with Crippen molar-refractivity contribution in [2.75, 3.05) is 5.32 Å². The second-order valence-electron chi connectivity index (χ2n) is 4.51. The van der Waals surface area contributed by atoms with Crippen LogP contribution in [0, 0.1) is 20.2 Å². The fraction of sp³-hybridized carbons (Fsp3) is 0. The summed E-state index contributed by atoms with van der Waals surface area (Å²) < 4.78 is 0.614. The summed E-state index contributed by atoms with van der Waals surface area (Å²) in [7, 11) is 0. The summed E-state index contributed by atoms with van der Waals surface area (Å²) >= 11 is 1.17. The number of fused-ring (bicyclic) bond motifs is 1. The highest BCUT2D eigenvalue weighted by Crippen LogP contribution is 2.34. The van der Waals surface area contributed by atoms with Gasteiger partial charge in [0.2, 0.25) is 0 Å². The Labute approximate surface area is 132 Å². The smallest absolute Gasteiger partial charge is 0.273 e. The molecule has 0 fully saturated rings. The van der Waals surface area contributed by atoms with Crippen LogP contribution in [0.15, 0.2) is 36.4 Å². The Bertz CT molecular complexity index is 939. The Morgan fingerprint density at radius 1 is 1.04 bits per heavy atom. The van der Waals surface area contributed by atoms with Gasteiger partial charge in [-0.05, 0) is 12.1 Å². The van der Waals surface area contributed by atoms with Crippen molar-refractivity contribution in [1.82, 2.24) is 4.98 Å². The van der Waals surface area contributed by atoms with Crippen molar-refractivity contribution < 1.29 is 15.0 Å². The van der Waals surface area contributed by atoms with Gasteiger partial charge >= 0.3 is 0 Å². The Kier molecular flexibility index (Phi) is 3.50. The summed E-state index contributed by atoms with van der Waals surface area (Å²) in [6, 6.07) is 7.94. The maximum Gasteiger partial charge on any atom is 0.273 e. The van der Waals surface area contributed by atoms with E-state index >= 15 is 0 Å². The number of rotatable bonds is 4. The third kappa shape index (κ3) is 2.87. The zero-order valence-corrected chi connectivity index (χ0v) is 12.1. The van der Waals surface area contributed by atoms with E-state index in [4.69, 9.17) is 0 Å². The SMILES string of the molecule is O=[N+]([O-])c1ccc(Nc2nc3ccc([N+](=O)[O-])cc3s2)c(O)c1. The standard InChI is InChI=1S/C13H8N4O5S/c18-11-5-7(16(19)20)1-3-9(11)14-13-15-10-4-2-8(17(21)22)6-12(10)23-13/h1-6,18H,(H,14,15). The molecule has 3 rings (SSSR count). The van der Waals surface area contributed by atoms with Gasteiger partial charge in [-0.3, -0.25) is 20.2 Å². The summed E-state index contributed by atoms with van der Waals surface area (Å²) in [6.07, 6.45) is 0. The van der Waals surface area contributed by atoms with Gasteiger partial charge in [-0.2, -0.15) is 0 Å². The number of hydrogen-bond acceptors (Lipinski definition) is 8. The number of nitro groups is 2. The summed E-state index contributed by atoms with van der Waals surface area (Å²) in [5.74, 6) is -0.288.